The highest BCUT2D eigenvalue weighted by molar-refractivity contribution is 7.15. The maximum atomic E-state index is 5.56. The van der Waals surface area contributed by atoms with Crippen LogP contribution in [0.1, 0.15) is 43.3 Å². The molecule has 5 heteroatoms. The van der Waals surface area contributed by atoms with Crippen molar-refractivity contribution in [3.8, 4) is 0 Å². The molecule has 1 fully saturated rings. The van der Waals surface area contributed by atoms with Gasteiger partial charge in [-0.25, -0.2) is 4.98 Å². The van der Waals surface area contributed by atoms with Gasteiger partial charge in [0.2, 0.25) is 0 Å². The Kier molecular flexibility index (Phi) is 5.81. The van der Waals surface area contributed by atoms with Crippen LogP contribution in [0.2, 0.25) is 0 Å². The summed E-state index contributed by atoms with van der Waals surface area (Å²) in [4.78, 5) is 8.39. The van der Waals surface area contributed by atoms with Crippen molar-refractivity contribution in [2.24, 2.45) is 5.92 Å². The molecule has 1 aromatic heterocycles. The Labute approximate surface area is 126 Å². The van der Waals surface area contributed by atoms with E-state index in [0.717, 1.165) is 37.1 Å². The third-order valence-corrected chi connectivity index (χ3v) is 5.29. The Balaban J connectivity index is 1.99. The highest BCUT2D eigenvalue weighted by atomic mass is 32.1. The normalized spacial score (nSPS) is 20.9. The van der Waals surface area contributed by atoms with Crippen molar-refractivity contribution < 1.29 is 4.74 Å². The largest absolute Gasteiger partial charge is 0.381 e. The lowest BCUT2D eigenvalue weighted by Gasteiger charge is -2.26. The second kappa shape index (κ2) is 7.38. The minimum Gasteiger partial charge on any atom is -0.381 e. The van der Waals surface area contributed by atoms with Gasteiger partial charge in [-0.15, -0.1) is 11.3 Å². The van der Waals surface area contributed by atoms with E-state index in [1.54, 1.807) is 0 Å². The van der Waals surface area contributed by atoms with Gasteiger partial charge in [-0.1, -0.05) is 6.92 Å². The first-order valence-electron chi connectivity index (χ1n) is 7.61. The molecule has 1 aliphatic heterocycles. The SMILES string of the molecule is CCNC(C)c1sc(N(C)CC2CCCOC2)nc1C. The molecule has 2 atom stereocenters. The molecule has 2 heterocycles. The molecule has 0 aromatic carbocycles. The van der Waals surface area contributed by atoms with Gasteiger partial charge in [-0.05, 0) is 39.2 Å². The van der Waals surface area contributed by atoms with Crippen molar-refractivity contribution in [1.82, 2.24) is 10.3 Å². The second-order valence-corrected chi connectivity index (χ2v) is 6.70. The van der Waals surface area contributed by atoms with E-state index in [9.17, 15) is 0 Å². The lowest BCUT2D eigenvalue weighted by atomic mass is 10.0. The number of aryl methyl sites for hydroxylation is 1. The summed E-state index contributed by atoms with van der Waals surface area (Å²) in [7, 11) is 2.15. The molecule has 114 valence electrons. The average Bonchev–Trinajstić information content (AvgIpc) is 2.82. The highest BCUT2D eigenvalue weighted by Gasteiger charge is 2.20. The fourth-order valence-corrected chi connectivity index (χ4v) is 3.84. The van der Waals surface area contributed by atoms with Crippen LogP contribution in [0.4, 0.5) is 5.13 Å². The molecule has 0 bridgehead atoms. The number of nitrogens with zero attached hydrogens (tertiary/aromatic N) is 2. The maximum Gasteiger partial charge on any atom is 0.185 e. The zero-order valence-electron chi connectivity index (χ0n) is 13.1. The number of nitrogens with one attached hydrogen (secondary N) is 1. The Morgan fingerprint density at radius 3 is 3.00 bits per heavy atom. The van der Waals surface area contributed by atoms with Gasteiger partial charge >= 0.3 is 0 Å². The molecule has 0 radical (unpaired) electrons. The first kappa shape index (κ1) is 15.7. The van der Waals surface area contributed by atoms with E-state index in [1.165, 1.54) is 17.7 Å². The first-order chi connectivity index (χ1) is 9.61. The van der Waals surface area contributed by atoms with Gasteiger partial charge in [0, 0.05) is 31.1 Å². The summed E-state index contributed by atoms with van der Waals surface area (Å²) in [5.74, 6) is 0.646. The number of hydrogen-bond acceptors (Lipinski definition) is 5. The fourth-order valence-electron chi connectivity index (χ4n) is 2.77. The lowest BCUT2D eigenvalue weighted by molar-refractivity contribution is 0.0576. The maximum absolute atomic E-state index is 5.56. The van der Waals surface area contributed by atoms with Crippen molar-refractivity contribution in [2.45, 2.75) is 39.7 Å². The molecule has 0 aliphatic carbocycles. The smallest absolute Gasteiger partial charge is 0.185 e. The molecule has 1 saturated heterocycles. The second-order valence-electron chi connectivity index (χ2n) is 5.69. The summed E-state index contributed by atoms with van der Waals surface area (Å²) in [6.45, 7) is 10.3. The molecule has 1 aliphatic rings. The van der Waals surface area contributed by atoms with E-state index in [1.807, 2.05) is 11.3 Å². The van der Waals surface area contributed by atoms with Crippen molar-refractivity contribution in [3.63, 3.8) is 0 Å². The molecular formula is C15H27N3OS. The van der Waals surface area contributed by atoms with Crippen LogP contribution in [-0.4, -0.2) is 38.3 Å². The van der Waals surface area contributed by atoms with E-state index in [2.05, 4.69) is 38.0 Å². The van der Waals surface area contributed by atoms with Crippen molar-refractivity contribution >= 4 is 16.5 Å². The van der Waals surface area contributed by atoms with E-state index in [0.29, 0.717) is 12.0 Å². The summed E-state index contributed by atoms with van der Waals surface area (Å²) in [6, 6.07) is 0.387. The van der Waals surface area contributed by atoms with Crippen molar-refractivity contribution in [3.05, 3.63) is 10.6 Å². The van der Waals surface area contributed by atoms with Crippen LogP contribution in [0.5, 0.6) is 0 Å². The highest BCUT2D eigenvalue weighted by Crippen LogP contribution is 2.31. The van der Waals surface area contributed by atoms with Crippen LogP contribution in [-0.2, 0) is 4.74 Å². The number of aromatic nitrogens is 1. The third kappa shape index (κ3) is 3.93. The zero-order chi connectivity index (χ0) is 14.5. The number of rotatable bonds is 6. The quantitative estimate of drug-likeness (QED) is 0.876. The Bertz CT molecular complexity index is 415. The average molecular weight is 297 g/mol. The number of anilines is 1. The summed E-state index contributed by atoms with van der Waals surface area (Å²) >= 11 is 1.82. The standard InChI is InChI=1S/C15H27N3OS/c1-5-16-11(2)14-12(3)17-15(20-14)18(4)9-13-7-6-8-19-10-13/h11,13,16H,5-10H2,1-4H3. The number of hydrogen-bond donors (Lipinski definition) is 1. The number of ether oxygens (including phenoxy) is 1. The zero-order valence-corrected chi connectivity index (χ0v) is 13.9. The minimum absolute atomic E-state index is 0.387. The first-order valence-corrected chi connectivity index (χ1v) is 8.43. The molecule has 0 amide bonds. The summed E-state index contributed by atoms with van der Waals surface area (Å²) in [5, 5.41) is 4.60. The van der Waals surface area contributed by atoms with Crippen LogP contribution in [0.3, 0.4) is 0 Å². The minimum atomic E-state index is 0.387. The molecule has 0 saturated carbocycles. The summed E-state index contributed by atoms with van der Waals surface area (Å²) in [6.07, 6.45) is 2.47. The Morgan fingerprint density at radius 2 is 2.35 bits per heavy atom. The van der Waals surface area contributed by atoms with Gasteiger partial charge < -0.3 is 15.0 Å². The van der Waals surface area contributed by atoms with Gasteiger partial charge in [0.05, 0.1) is 12.3 Å². The summed E-state index contributed by atoms with van der Waals surface area (Å²) in [5.41, 5.74) is 1.16. The van der Waals surface area contributed by atoms with Crippen LogP contribution < -0.4 is 10.2 Å². The molecule has 2 unspecified atom stereocenters. The molecule has 1 aromatic rings. The Hall–Kier alpha value is -0.650. The van der Waals surface area contributed by atoms with Gasteiger partial charge in [-0.3, -0.25) is 0 Å². The van der Waals surface area contributed by atoms with Crippen LogP contribution >= 0.6 is 11.3 Å². The van der Waals surface area contributed by atoms with Gasteiger partial charge in [0.15, 0.2) is 5.13 Å². The lowest BCUT2D eigenvalue weighted by Crippen LogP contribution is -2.30. The molecule has 1 N–H and O–H groups in total. The van der Waals surface area contributed by atoms with E-state index in [-0.39, 0.29) is 0 Å². The van der Waals surface area contributed by atoms with Gasteiger partial charge in [0.25, 0.3) is 0 Å². The molecule has 20 heavy (non-hydrogen) atoms. The predicted molar refractivity (Wildman–Crippen MR) is 85.8 cm³/mol. The van der Waals surface area contributed by atoms with Gasteiger partial charge in [0.1, 0.15) is 0 Å². The van der Waals surface area contributed by atoms with Crippen molar-refractivity contribution in [2.75, 3.05) is 38.3 Å². The van der Waals surface area contributed by atoms with Crippen LogP contribution in [0, 0.1) is 12.8 Å². The molecule has 4 nitrogen and oxygen atoms in total. The topological polar surface area (TPSA) is 37.4 Å². The molecule has 0 spiro atoms. The van der Waals surface area contributed by atoms with Crippen molar-refractivity contribution in [1.29, 1.82) is 0 Å². The van der Waals surface area contributed by atoms with E-state index >= 15 is 0 Å². The molecular weight excluding hydrogens is 270 g/mol. The Morgan fingerprint density at radius 1 is 1.55 bits per heavy atom. The third-order valence-electron chi connectivity index (χ3n) is 3.84. The summed E-state index contributed by atoms with van der Waals surface area (Å²) < 4.78 is 5.56. The number of thiazole rings is 1. The van der Waals surface area contributed by atoms with Crippen LogP contribution in [0.15, 0.2) is 0 Å². The van der Waals surface area contributed by atoms with Gasteiger partial charge in [-0.2, -0.15) is 0 Å². The fraction of sp³-hybridized carbons (Fsp3) is 0.800. The molecule has 2 rings (SSSR count). The van der Waals surface area contributed by atoms with E-state index < -0.39 is 0 Å². The van der Waals surface area contributed by atoms with Crippen LogP contribution in [0.25, 0.3) is 0 Å². The van der Waals surface area contributed by atoms with E-state index in [4.69, 9.17) is 9.72 Å². The predicted octanol–water partition coefficient (Wildman–Crippen LogP) is 2.98. The monoisotopic (exact) mass is 297 g/mol.